The summed E-state index contributed by atoms with van der Waals surface area (Å²) in [4.78, 5) is 10.6. The van der Waals surface area contributed by atoms with Crippen molar-refractivity contribution in [2.24, 2.45) is 7.05 Å². The minimum atomic E-state index is -0.453. The third-order valence-electron chi connectivity index (χ3n) is 3.11. The topological polar surface area (TPSA) is 93.2 Å². The normalized spacial score (nSPS) is 11.0. The van der Waals surface area contributed by atoms with Crippen LogP contribution in [0.2, 0.25) is 0 Å². The summed E-state index contributed by atoms with van der Waals surface area (Å²) in [7, 11) is 1.54. The van der Waals surface area contributed by atoms with E-state index in [0.717, 1.165) is 11.3 Å². The average Bonchev–Trinajstić information content (AvgIpc) is 2.66. The van der Waals surface area contributed by atoms with Crippen LogP contribution in [0.15, 0.2) is 24.4 Å². The molecule has 0 radical (unpaired) electrons. The number of nitrogens with zero attached hydrogens (tertiary/aromatic N) is 3. The van der Waals surface area contributed by atoms with Crippen LogP contribution in [0.4, 0.5) is 11.5 Å². The van der Waals surface area contributed by atoms with E-state index in [4.69, 9.17) is 0 Å². The van der Waals surface area contributed by atoms with Gasteiger partial charge in [0.15, 0.2) is 0 Å². The van der Waals surface area contributed by atoms with Gasteiger partial charge < -0.3 is 20.5 Å². The molecular weight excluding hydrogens is 272 g/mol. The Labute approximate surface area is 121 Å². The molecule has 0 unspecified atom stereocenters. The number of phenolic OH excluding ortho intramolecular Hbond substituents is 1. The molecule has 1 aromatic carbocycles. The van der Waals surface area contributed by atoms with Crippen LogP contribution in [0.25, 0.3) is 6.08 Å². The summed E-state index contributed by atoms with van der Waals surface area (Å²) in [5, 5.41) is 27.5. The smallest absolute Gasteiger partial charge is 0.352 e. The van der Waals surface area contributed by atoms with Gasteiger partial charge in [0.1, 0.15) is 12.8 Å². The lowest BCUT2D eigenvalue weighted by Gasteiger charge is -2.05. The van der Waals surface area contributed by atoms with Crippen LogP contribution in [0, 0.1) is 24.0 Å². The lowest BCUT2D eigenvalue weighted by Crippen LogP contribution is -1.99. The molecule has 2 aromatic rings. The van der Waals surface area contributed by atoms with Crippen molar-refractivity contribution in [3.05, 3.63) is 51.3 Å². The Morgan fingerprint density at radius 3 is 2.76 bits per heavy atom. The summed E-state index contributed by atoms with van der Waals surface area (Å²) in [6.45, 7) is 3.58. The fourth-order valence-corrected chi connectivity index (χ4v) is 2.10. The quantitative estimate of drug-likeness (QED) is 0.512. The second kappa shape index (κ2) is 5.66. The van der Waals surface area contributed by atoms with Crippen molar-refractivity contribution in [2.45, 2.75) is 13.8 Å². The Kier molecular flexibility index (Phi) is 3.93. The number of anilines is 1. The predicted molar refractivity (Wildman–Crippen MR) is 80.1 cm³/mol. The van der Waals surface area contributed by atoms with Gasteiger partial charge in [-0.3, -0.25) is 0 Å². The molecule has 0 bridgehead atoms. The van der Waals surface area contributed by atoms with Crippen LogP contribution in [-0.2, 0) is 7.05 Å². The lowest BCUT2D eigenvalue weighted by molar-refractivity contribution is -0.392. The van der Waals surface area contributed by atoms with Crippen molar-refractivity contribution in [1.29, 1.82) is 0 Å². The van der Waals surface area contributed by atoms with Gasteiger partial charge in [0, 0.05) is 11.9 Å². The molecule has 0 aliphatic heterocycles. The summed E-state index contributed by atoms with van der Waals surface area (Å²) in [5.74, 6) is 0.147. The molecule has 110 valence electrons. The van der Waals surface area contributed by atoms with Gasteiger partial charge in [-0.15, -0.1) is 4.68 Å². The SMILES string of the molecule is Cc1cc(O)ccc1N/C=C/c1c(C)nn(C)c1[N+](=O)[O-]. The first-order valence-corrected chi connectivity index (χ1v) is 6.31. The highest BCUT2D eigenvalue weighted by atomic mass is 16.6. The standard InChI is InChI=1S/C14H16N4O3/c1-9-8-11(19)4-5-13(9)15-7-6-12-10(2)16-17(3)14(12)18(20)21/h4-8,15,19H,1-3H3/b7-6+. The van der Waals surface area contributed by atoms with Gasteiger partial charge in [-0.05, 0) is 48.6 Å². The average molecular weight is 288 g/mol. The van der Waals surface area contributed by atoms with Crippen LogP contribution >= 0.6 is 0 Å². The van der Waals surface area contributed by atoms with Gasteiger partial charge in [-0.1, -0.05) is 5.10 Å². The maximum absolute atomic E-state index is 11.0. The number of phenols is 1. The van der Waals surface area contributed by atoms with Crippen LogP contribution in [0.1, 0.15) is 16.8 Å². The summed E-state index contributed by atoms with van der Waals surface area (Å²) in [6, 6.07) is 4.94. The zero-order valence-electron chi connectivity index (χ0n) is 12.0. The molecule has 0 amide bonds. The first kappa shape index (κ1) is 14.6. The fraction of sp³-hybridized carbons (Fsp3) is 0.214. The number of hydrogen-bond donors (Lipinski definition) is 2. The molecule has 1 heterocycles. The number of benzene rings is 1. The van der Waals surface area contributed by atoms with Gasteiger partial charge in [-0.2, -0.15) is 0 Å². The first-order chi connectivity index (χ1) is 9.90. The van der Waals surface area contributed by atoms with E-state index in [-0.39, 0.29) is 11.6 Å². The van der Waals surface area contributed by atoms with Crippen LogP contribution < -0.4 is 5.32 Å². The maximum atomic E-state index is 11.0. The number of aromatic hydroxyl groups is 1. The van der Waals surface area contributed by atoms with Crippen molar-refractivity contribution >= 4 is 17.6 Å². The number of nitro groups is 1. The highest BCUT2D eigenvalue weighted by Gasteiger charge is 2.20. The monoisotopic (exact) mass is 288 g/mol. The molecule has 0 saturated carbocycles. The second-order valence-electron chi connectivity index (χ2n) is 4.68. The van der Waals surface area contributed by atoms with E-state index in [0.29, 0.717) is 11.3 Å². The molecule has 0 atom stereocenters. The summed E-state index contributed by atoms with van der Waals surface area (Å²) >= 11 is 0. The molecule has 1 aromatic heterocycles. The van der Waals surface area contributed by atoms with Crippen molar-refractivity contribution in [2.75, 3.05) is 5.32 Å². The van der Waals surface area contributed by atoms with Gasteiger partial charge in [0.2, 0.25) is 0 Å². The van der Waals surface area contributed by atoms with E-state index < -0.39 is 4.92 Å². The molecule has 0 aliphatic rings. The molecule has 21 heavy (non-hydrogen) atoms. The number of aromatic nitrogens is 2. The van der Waals surface area contributed by atoms with Gasteiger partial charge in [0.05, 0.1) is 11.3 Å². The number of rotatable bonds is 4. The van der Waals surface area contributed by atoms with Crippen molar-refractivity contribution in [3.8, 4) is 5.75 Å². The van der Waals surface area contributed by atoms with Crippen LogP contribution in [0.3, 0.4) is 0 Å². The van der Waals surface area contributed by atoms with Crippen molar-refractivity contribution in [1.82, 2.24) is 9.78 Å². The second-order valence-corrected chi connectivity index (χ2v) is 4.68. The molecule has 0 saturated heterocycles. The van der Waals surface area contributed by atoms with E-state index in [9.17, 15) is 15.2 Å². The van der Waals surface area contributed by atoms with E-state index in [1.807, 2.05) is 6.92 Å². The maximum Gasteiger partial charge on any atom is 0.352 e. The molecule has 7 nitrogen and oxygen atoms in total. The minimum absolute atomic E-state index is 0.0482. The third kappa shape index (κ3) is 3.02. The first-order valence-electron chi connectivity index (χ1n) is 6.31. The van der Waals surface area contributed by atoms with Crippen LogP contribution in [-0.4, -0.2) is 19.8 Å². The summed E-state index contributed by atoms with van der Waals surface area (Å²) < 4.78 is 1.25. The zero-order valence-corrected chi connectivity index (χ0v) is 12.0. The summed E-state index contributed by atoms with van der Waals surface area (Å²) in [6.07, 6.45) is 3.24. The van der Waals surface area contributed by atoms with E-state index >= 15 is 0 Å². The molecule has 0 spiro atoms. The van der Waals surface area contributed by atoms with Gasteiger partial charge >= 0.3 is 5.82 Å². The van der Waals surface area contributed by atoms with E-state index in [1.165, 1.54) is 4.68 Å². The number of aryl methyl sites for hydroxylation is 3. The van der Waals surface area contributed by atoms with Crippen molar-refractivity contribution < 1.29 is 10.0 Å². The molecule has 2 N–H and O–H groups in total. The zero-order chi connectivity index (χ0) is 15.6. The molecule has 2 rings (SSSR count). The highest BCUT2D eigenvalue weighted by molar-refractivity contribution is 5.64. The van der Waals surface area contributed by atoms with E-state index in [1.54, 1.807) is 44.4 Å². The fourth-order valence-electron chi connectivity index (χ4n) is 2.10. The van der Waals surface area contributed by atoms with Gasteiger partial charge in [-0.25, -0.2) is 0 Å². The largest absolute Gasteiger partial charge is 0.508 e. The Bertz CT molecular complexity index is 719. The highest BCUT2D eigenvalue weighted by Crippen LogP contribution is 2.23. The number of hydrogen-bond acceptors (Lipinski definition) is 5. The molecule has 0 fully saturated rings. The Morgan fingerprint density at radius 2 is 2.14 bits per heavy atom. The molecule has 0 aliphatic carbocycles. The Balaban J connectivity index is 2.24. The summed E-state index contributed by atoms with van der Waals surface area (Å²) in [5.41, 5.74) is 2.74. The molecule has 7 heteroatoms. The lowest BCUT2D eigenvalue weighted by atomic mass is 10.2. The van der Waals surface area contributed by atoms with Crippen LogP contribution in [0.5, 0.6) is 5.75 Å². The number of nitrogens with one attached hydrogen (secondary N) is 1. The minimum Gasteiger partial charge on any atom is -0.508 e. The van der Waals surface area contributed by atoms with Crippen molar-refractivity contribution in [3.63, 3.8) is 0 Å². The Hall–Kier alpha value is -2.83. The van der Waals surface area contributed by atoms with E-state index in [2.05, 4.69) is 10.4 Å². The van der Waals surface area contributed by atoms with Gasteiger partial charge in [0.25, 0.3) is 0 Å². The predicted octanol–water partition coefficient (Wildman–Crippen LogP) is 2.73. The Morgan fingerprint density at radius 1 is 1.43 bits per heavy atom. The molecular formula is C14H16N4O3. The third-order valence-corrected chi connectivity index (χ3v) is 3.11.